The number of nitrogens with one attached hydrogen (secondary N) is 2. The number of likely N-dealkylation sites (tertiary alicyclic amines) is 1. The van der Waals surface area contributed by atoms with Crippen LogP contribution in [0.1, 0.15) is 28.9 Å². The smallest absolute Gasteiger partial charge is 0.270 e. The highest BCUT2D eigenvalue weighted by molar-refractivity contribution is 6.01. The van der Waals surface area contributed by atoms with Crippen molar-refractivity contribution < 1.29 is 9.18 Å². The van der Waals surface area contributed by atoms with Crippen LogP contribution in [0.5, 0.6) is 0 Å². The molecule has 0 bridgehead atoms. The van der Waals surface area contributed by atoms with Gasteiger partial charge in [0.25, 0.3) is 5.91 Å². The highest BCUT2D eigenvalue weighted by Crippen LogP contribution is 2.28. The minimum absolute atomic E-state index is 0.0174. The maximum Gasteiger partial charge on any atom is 0.270 e. The quantitative estimate of drug-likeness (QED) is 0.621. The number of piperidine rings is 1. The van der Waals surface area contributed by atoms with E-state index < -0.39 is 0 Å². The molecule has 6 nitrogen and oxygen atoms in total. The summed E-state index contributed by atoms with van der Waals surface area (Å²) in [5, 5.41) is 9.89. The number of halogens is 1. The Morgan fingerprint density at radius 1 is 1.21 bits per heavy atom. The molecule has 4 rings (SSSR count). The zero-order chi connectivity index (χ0) is 20.2. The number of rotatable bonds is 5. The van der Waals surface area contributed by atoms with Crippen LogP contribution in [0.25, 0.3) is 11.1 Å². The van der Waals surface area contributed by atoms with Crippen molar-refractivity contribution in [1.82, 2.24) is 20.4 Å². The number of benzene rings is 2. The number of nitrogens with two attached hydrogens (primary N) is 1. The number of aromatic nitrogens is 2. The molecule has 2 heterocycles. The third-order valence-electron chi connectivity index (χ3n) is 5.28. The van der Waals surface area contributed by atoms with Gasteiger partial charge in [-0.05, 0) is 31.0 Å². The van der Waals surface area contributed by atoms with Crippen LogP contribution in [0.3, 0.4) is 0 Å². The molecule has 0 radical (unpaired) electrons. The Morgan fingerprint density at radius 2 is 1.97 bits per heavy atom. The molecular formula is C22H24FN5O. The summed E-state index contributed by atoms with van der Waals surface area (Å²) in [5.41, 5.74) is 8.49. The van der Waals surface area contributed by atoms with Crippen molar-refractivity contribution in [3.63, 3.8) is 0 Å². The van der Waals surface area contributed by atoms with E-state index in [2.05, 4.69) is 20.4 Å². The number of H-pyrrole nitrogens is 1. The van der Waals surface area contributed by atoms with E-state index >= 15 is 0 Å². The molecule has 1 aliphatic rings. The maximum atomic E-state index is 14.0. The summed E-state index contributed by atoms with van der Waals surface area (Å²) in [5.74, 6) is -0.129. The van der Waals surface area contributed by atoms with Gasteiger partial charge in [-0.15, -0.1) is 0 Å². The van der Waals surface area contributed by atoms with E-state index in [9.17, 15) is 9.18 Å². The van der Waals surface area contributed by atoms with Gasteiger partial charge in [0.15, 0.2) is 5.82 Å². The van der Waals surface area contributed by atoms with Crippen LogP contribution in [0.4, 0.5) is 10.2 Å². The molecule has 0 spiro atoms. The molecule has 150 valence electrons. The minimum atomic E-state index is -0.231. The number of nitrogens with zero attached hydrogens (tertiary/aromatic N) is 2. The second kappa shape index (κ2) is 8.45. The fraction of sp³-hybridized carbons (Fsp3) is 0.273. The molecule has 1 fully saturated rings. The normalized spacial score (nSPS) is 17.2. The first kappa shape index (κ1) is 19.1. The Labute approximate surface area is 168 Å². The molecule has 3 aromatic rings. The van der Waals surface area contributed by atoms with Crippen molar-refractivity contribution in [2.75, 3.05) is 18.8 Å². The highest BCUT2D eigenvalue weighted by Gasteiger charge is 2.25. The summed E-state index contributed by atoms with van der Waals surface area (Å²) < 4.78 is 14.0. The first-order chi connectivity index (χ1) is 14.1. The maximum absolute atomic E-state index is 14.0. The lowest BCUT2D eigenvalue weighted by Gasteiger charge is -2.33. The van der Waals surface area contributed by atoms with Gasteiger partial charge in [0.05, 0.1) is 5.56 Å². The number of anilines is 1. The topological polar surface area (TPSA) is 87.0 Å². The molecule has 0 unspecified atom stereocenters. The number of carbonyl (C=O) groups excluding carboxylic acids is 1. The number of hydrogen-bond acceptors (Lipinski definition) is 4. The second-order valence-corrected chi connectivity index (χ2v) is 7.36. The first-order valence-electron chi connectivity index (χ1n) is 9.77. The van der Waals surface area contributed by atoms with E-state index in [0.29, 0.717) is 35.7 Å². The van der Waals surface area contributed by atoms with E-state index in [1.165, 1.54) is 6.07 Å². The van der Waals surface area contributed by atoms with Gasteiger partial charge in [0.1, 0.15) is 11.5 Å². The van der Waals surface area contributed by atoms with Gasteiger partial charge < -0.3 is 11.1 Å². The van der Waals surface area contributed by atoms with Crippen molar-refractivity contribution in [3.05, 3.63) is 71.7 Å². The van der Waals surface area contributed by atoms with Gasteiger partial charge in [-0.25, -0.2) is 4.39 Å². The van der Waals surface area contributed by atoms with Gasteiger partial charge in [-0.3, -0.25) is 14.8 Å². The standard InChI is InChI=1S/C22H24FN5O/c23-18-11-5-4-9-16(18)13-28-12-6-10-17(14-28)25-22(29)20-19(21(24)27-26-20)15-7-2-1-3-8-15/h1-5,7-9,11,17H,6,10,12-14H2,(H,25,29)(H3,24,26,27)/t17-/m0/s1. The van der Waals surface area contributed by atoms with E-state index in [1.54, 1.807) is 12.1 Å². The Hall–Kier alpha value is -3.19. The molecule has 1 saturated heterocycles. The molecule has 1 aliphatic heterocycles. The number of nitrogen functional groups attached to an aromatic ring is 1. The highest BCUT2D eigenvalue weighted by atomic mass is 19.1. The summed E-state index contributed by atoms with van der Waals surface area (Å²) in [6.07, 6.45) is 1.82. The Balaban J connectivity index is 1.45. The van der Waals surface area contributed by atoms with Crippen LogP contribution >= 0.6 is 0 Å². The number of aromatic amines is 1. The van der Waals surface area contributed by atoms with E-state index in [-0.39, 0.29) is 17.8 Å². The lowest BCUT2D eigenvalue weighted by molar-refractivity contribution is 0.0895. The molecule has 7 heteroatoms. The molecule has 1 amide bonds. The Morgan fingerprint density at radius 3 is 2.76 bits per heavy atom. The van der Waals surface area contributed by atoms with E-state index in [4.69, 9.17) is 5.73 Å². The number of hydrogen-bond donors (Lipinski definition) is 3. The monoisotopic (exact) mass is 393 g/mol. The average molecular weight is 393 g/mol. The number of amides is 1. The third kappa shape index (κ3) is 4.30. The van der Waals surface area contributed by atoms with Crippen molar-refractivity contribution in [1.29, 1.82) is 0 Å². The SMILES string of the molecule is Nc1n[nH]c(C(=O)N[C@H]2CCCN(Cc3ccccc3F)C2)c1-c1ccccc1. The van der Waals surface area contributed by atoms with Crippen LogP contribution < -0.4 is 11.1 Å². The fourth-order valence-corrected chi connectivity index (χ4v) is 3.86. The molecule has 0 saturated carbocycles. The van der Waals surface area contributed by atoms with Gasteiger partial charge in [0.2, 0.25) is 0 Å². The zero-order valence-electron chi connectivity index (χ0n) is 16.1. The summed E-state index contributed by atoms with van der Waals surface area (Å²) in [6, 6.07) is 16.3. The summed E-state index contributed by atoms with van der Waals surface area (Å²) >= 11 is 0. The van der Waals surface area contributed by atoms with E-state index in [1.807, 2.05) is 36.4 Å². The van der Waals surface area contributed by atoms with Crippen LogP contribution in [-0.4, -0.2) is 40.1 Å². The molecule has 1 aromatic heterocycles. The van der Waals surface area contributed by atoms with Crippen LogP contribution in [0, 0.1) is 5.82 Å². The van der Waals surface area contributed by atoms with Crippen molar-refractivity contribution in [2.45, 2.75) is 25.4 Å². The lowest BCUT2D eigenvalue weighted by atomic mass is 10.0. The number of carbonyl (C=O) groups is 1. The summed E-state index contributed by atoms with van der Waals surface area (Å²) in [4.78, 5) is 15.1. The van der Waals surface area contributed by atoms with Gasteiger partial charge in [-0.2, -0.15) is 5.10 Å². The third-order valence-corrected chi connectivity index (χ3v) is 5.28. The summed E-state index contributed by atoms with van der Waals surface area (Å²) in [6.45, 7) is 2.09. The lowest BCUT2D eigenvalue weighted by Crippen LogP contribution is -2.47. The average Bonchev–Trinajstić information content (AvgIpc) is 3.12. The Kier molecular flexibility index (Phi) is 5.57. The van der Waals surface area contributed by atoms with Crippen molar-refractivity contribution in [2.24, 2.45) is 0 Å². The van der Waals surface area contributed by atoms with Crippen LogP contribution in [-0.2, 0) is 6.54 Å². The second-order valence-electron chi connectivity index (χ2n) is 7.36. The van der Waals surface area contributed by atoms with Crippen molar-refractivity contribution >= 4 is 11.7 Å². The molecule has 4 N–H and O–H groups in total. The molecule has 0 aliphatic carbocycles. The van der Waals surface area contributed by atoms with Gasteiger partial charge in [-0.1, -0.05) is 48.5 Å². The van der Waals surface area contributed by atoms with E-state index in [0.717, 1.165) is 24.9 Å². The summed E-state index contributed by atoms with van der Waals surface area (Å²) in [7, 11) is 0. The Bertz CT molecular complexity index is 988. The largest absolute Gasteiger partial charge is 0.382 e. The fourth-order valence-electron chi connectivity index (χ4n) is 3.86. The minimum Gasteiger partial charge on any atom is -0.382 e. The molecule has 29 heavy (non-hydrogen) atoms. The zero-order valence-corrected chi connectivity index (χ0v) is 16.1. The van der Waals surface area contributed by atoms with Crippen LogP contribution in [0.2, 0.25) is 0 Å². The van der Waals surface area contributed by atoms with Gasteiger partial charge in [0, 0.05) is 24.7 Å². The first-order valence-corrected chi connectivity index (χ1v) is 9.77. The van der Waals surface area contributed by atoms with Crippen LogP contribution in [0.15, 0.2) is 54.6 Å². The molecular weight excluding hydrogens is 369 g/mol. The van der Waals surface area contributed by atoms with Crippen molar-refractivity contribution in [3.8, 4) is 11.1 Å². The molecule has 2 aromatic carbocycles. The predicted molar refractivity (Wildman–Crippen MR) is 111 cm³/mol. The molecule has 1 atom stereocenters. The predicted octanol–water partition coefficient (Wildman–Crippen LogP) is 3.19. The van der Waals surface area contributed by atoms with Gasteiger partial charge >= 0.3 is 0 Å².